The zero-order valence-corrected chi connectivity index (χ0v) is 16.9. The van der Waals surface area contributed by atoms with Crippen LogP contribution in [0.2, 0.25) is 0 Å². The van der Waals surface area contributed by atoms with Gasteiger partial charge in [0, 0.05) is 37.3 Å². The molecule has 2 aliphatic rings. The van der Waals surface area contributed by atoms with Crippen molar-refractivity contribution in [3.05, 3.63) is 24.3 Å². The van der Waals surface area contributed by atoms with Crippen LogP contribution in [0.4, 0.5) is 18.9 Å². The molecule has 0 aromatic heterocycles. The average molecular weight is 413 g/mol. The van der Waals surface area contributed by atoms with Crippen LogP contribution in [-0.4, -0.2) is 61.9 Å². The Labute approximate surface area is 170 Å². The van der Waals surface area contributed by atoms with E-state index in [1.807, 2.05) is 12.1 Å². The lowest BCUT2D eigenvalue weighted by Gasteiger charge is -2.25. The summed E-state index contributed by atoms with van der Waals surface area (Å²) in [6.07, 6.45) is 0.154. The highest BCUT2D eigenvalue weighted by Crippen LogP contribution is 2.28. The van der Waals surface area contributed by atoms with Crippen molar-refractivity contribution in [2.24, 2.45) is 0 Å². The molecule has 8 heteroatoms. The fourth-order valence-corrected chi connectivity index (χ4v) is 4.16. The number of anilines is 1. The zero-order chi connectivity index (χ0) is 20.9. The molecule has 0 spiro atoms. The van der Waals surface area contributed by atoms with Gasteiger partial charge in [-0.15, -0.1) is 0 Å². The lowest BCUT2D eigenvalue weighted by atomic mass is 10.2. The Morgan fingerprint density at radius 1 is 1.21 bits per heavy atom. The number of benzene rings is 1. The monoisotopic (exact) mass is 413 g/mol. The van der Waals surface area contributed by atoms with Crippen LogP contribution in [-0.2, 0) is 4.79 Å². The predicted molar refractivity (Wildman–Crippen MR) is 106 cm³/mol. The molecule has 2 heterocycles. The molecule has 2 saturated heterocycles. The number of amides is 1. The minimum absolute atomic E-state index is 0.0581. The lowest BCUT2D eigenvalue weighted by Crippen LogP contribution is -2.42. The van der Waals surface area contributed by atoms with Crippen molar-refractivity contribution in [2.75, 3.05) is 37.7 Å². The van der Waals surface area contributed by atoms with E-state index in [4.69, 9.17) is 4.74 Å². The zero-order valence-electron chi connectivity index (χ0n) is 16.9. The normalized spacial score (nSPS) is 23.2. The van der Waals surface area contributed by atoms with Crippen LogP contribution in [0.5, 0.6) is 5.75 Å². The van der Waals surface area contributed by atoms with Crippen LogP contribution in [0.1, 0.15) is 39.0 Å². The van der Waals surface area contributed by atoms with Crippen LogP contribution >= 0.6 is 0 Å². The first kappa shape index (κ1) is 21.9. The first-order valence-electron chi connectivity index (χ1n) is 10.4. The Bertz CT molecular complexity index is 666. The molecule has 0 radical (unpaired) electrons. The summed E-state index contributed by atoms with van der Waals surface area (Å²) >= 11 is 0. The molecule has 1 aromatic carbocycles. The number of halogens is 3. The van der Waals surface area contributed by atoms with Gasteiger partial charge in [-0.25, -0.2) is 0 Å². The molecule has 5 nitrogen and oxygen atoms in total. The number of rotatable bonds is 9. The van der Waals surface area contributed by atoms with Gasteiger partial charge in [0.15, 0.2) is 0 Å². The van der Waals surface area contributed by atoms with Crippen LogP contribution in [0, 0.1) is 0 Å². The summed E-state index contributed by atoms with van der Waals surface area (Å²) in [7, 11) is 0. The second-order valence-electron chi connectivity index (χ2n) is 7.93. The summed E-state index contributed by atoms with van der Waals surface area (Å²) in [5.41, 5.74) is 0.699. The summed E-state index contributed by atoms with van der Waals surface area (Å²) in [6, 6.07) is 7.64. The van der Waals surface area contributed by atoms with Crippen LogP contribution in [0.15, 0.2) is 24.3 Å². The average Bonchev–Trinajstić information content (AvgIpc) is 3.24. The number of nitrogens with one attached hydrogen (secondary N) is 1. The van der Waals surface area contributed by atoms with E-state index in [2.05, 4.69) is 17.1 Å². The molecule has 1 aromatic rings. The highest BCUT2D eigenvalue weighted by molar-refractivity contribution is 5.96. The molecule has 2 atom stereocenters. The first-order chi connectivity index (χ1) is 13.8. The number of carbonyl (C=O) groups excluding carboxylic acids is 1. The number of likely N-dealkylation sites (tertiary alicyclic amines) is 1. The third-order valence-corrected chi connectivity index (χ3v) is 5.69. The van der Waals surface area contributed by atoms with Gasteiger partial charge in [-0.3, -0.25) is 4.79 Å². The van der Waals surface area contributed by atoms with Crippen molar-refractivity contribution in [2.45, 2.75) is 57.3 Å². The van der Waals surface area contributed by atoms with Crippen molar-refractivity contribution >= 4 is 11.6 Å². The largest absolute Gasteiger partial charge is 0.494 e. The topological polar surface area (TPSA) is 44.8 Å². The first-order valence-corrected chi connectivity index (χ1v) is 10.4. The molecule has 3 rings (SSSR count). The van der Waals surface area contributed by atoms with Crippen molar-refractivity contribution in [3.8, 4) is 5.75 Å². The van der Waals surface area contributed by atoms with Gasteiger partial charge in [0.2, 0.25) is 5.91 Å². The van der Waals surface area contributed by atoms with Crippen molar-refractivity contribution < 1.29 is 22.7 Å². The van der Waals surface area contributed by atoms with Crippen LogP contribution < -0.4 is 15.0 Å². The molecule has 0 bridgehead atoms. The quantitative estimate of drug-likeness (QED) is 0.629. The van der Waals surface area contributed by atoms with Crippen molar-refractivity contribution in [3.63, 3.8) is 0 Å². The Morgan fingerprint density at radius 3 is 2.62 bits per heavy atom. The van der Waals surface area contributed by atoms with Crippen molar-refractivity contribution in [1.82, 2.24) is 10.2 Å². The molecule has 2 aliphatic heterocycles. The number of ether oxygens (including phenoxy) is 1. The van der Waals surface area contributed by atoms with Gasteiger partial charge in [0.1, 0.15) is 5.75 Å². The fourth-order valence-electron chi connectivity index (χ4n) is 4.16. The van der Waals surface area contributed by atoms with Gasteiger partial charge in [-0.2, -0.15) is 13.2 Å². The third-order valence-electron chi connectivity index (χ3n) is 5.69. The molecule has 1 amide bonds. The molecule has 29 heavy (non-hydrogen) atoms. The van der Waals surface area contributed by atoms with E-state index in [-0.39, 0.29) is 18.5 Å². The van der Waals surface area contributed by atoms with E-state index in [1.165, 1.54) is 19.4 Å². The van der Waals surface area contributed by atoms with Crippen LogP contribution in [0.25, 0.3) is 0 Å². The lowest BCUT2D eigenvalue weighted by molar-refractivity contribution is -0.124. The number of hydrogen-bond acceptors (Lipinski definition) is 4. The summed E-state index contributed by atoms with van der Waals surface area (Å²) in [5, 5.41) is 2.41. The predicted octanol–water partition coefficient (Wildman–Crippen LogP) is 3.59. The van der Waals surface area contributed by atoms with Crippen molar-refractivity contribution in [1.29, 1.82) is 0 Å². The van der Waals surface area contributed by atoms with E-state index in [0.29, 0.717) is 31.2 Å². The van der Waals surface area contributed by atoms with E-state index in [9.17, 15) is 18.0 Å². The summed E-state index contributed by atoms with van der Waals surface area (Å²) in [6.45, 7) is 4.17. The summed E-state index contributed by atoms with van der Waals surface area (Å²) in [5.74, 6) is 0.679. The SMILES string of the molecule is CC1CCCN1CCCOc1ccc(N2C(=O)CCC2CNCC(F)(F)F)cc1. The van der Waals surface area contributed by atoms with E-state index < -0.39 is 12.7 Å². The molecular formula is C21H30F3N3O2. The molecule has 2 unspecified atom stereocenters. The Kier molecular flexibility index (Phi) is 7.40. The number of alkyl halides is 3. The van der Waals surface area contributed by atoms with Gasteiger partial charge in [-0.1, -0.05) is 0 Å². The molecule has 162 valence electrons. The fraction of sp³-hybridized carbons (Fsp3) is 0.667. The highest BCUT2D eigenvalue weighted by Gasteiger charge is 2.33. The Balaban J connectivity index is 1.46. The molecule has 2 fully saturated rings. The van der Waals surface area contributed by atoms with E-state index in [0.717, 1.165) is 18.7 Å². The van der Waals surface area contributed by atoms with Gasteiger partial charge in [0.25, 0.3) is 0 Å². The smallest absolute Gasteiger partial charge is 0.401 e. The molecule has 1 N–H and O–H groups in total. The maximum Gasteiger partial charge on any atom is 0.401 e. The standard InChI is InChI=1S/C21H30F3N3O2/c1-16-4-2-11-26(16)12-3-13-29-19-8-5-17(6-9-19)27-18(7-10-20(27)28)14-25-15-21(22,23)24/h5-6,8-9,16,18,25H,2-4,7,10-15H2,1H3. The second kappa shape index (κ2) is 9.80. The van der Waals surface area contributed by atoms with Gasteiger partial charge in [0.05, 0.1) is 13.2 Å². The van der Waals surface area contributed by atoms with Gasteiger partial charge < -0.3 is 19.9 Å². The minimum atomic E-state index is -4.25. The number of nitrogens with zero attached hydrogens (tertiary/aromatic N) is 2. The number of hydrogen-bond donors (Lipinski definition) is 1. The Morgan fingerprint density at radius 2 is 1.97 bits per heavy atom. The number of carbonyl (C=O) groups is 1. The summed E-state index contributed by atoms with van der Waals surface area (Å²) in [4.78, 5) is 16.3. The van der Waals surface area contributed by atoms with Crippen LogP contribution in [0.3, 0.4) is 0 Å². The van der Waals surface area contributed by atoms with Gasteiger partial charge >= 0.3 is 6.18 Å². The maximum atomic E-state index is 12.3. The molecular weight excluding hydrogens is 383 g/mol. The maximum absolute atomic E-state index is 12.3. The van der Waals surface area contributed by atoms with E-state index >= 15 is 0 Å². The minimum Gasteiger partial charge on any atom is -0.494 e. The van der Waals surface area contributed by atoms with E-state index in [1.54, 1.807) is 17.0 Å². The molecule has 0 saturated carbocycles. The second-order valence-corrected chi connectivity index (χ2v) is 7.93. The summed E-state index contributed by atoms with van der Waals surface area (Å²) < 4.78 is 42.8. The Hall–Kier alpha value is -1.80. The third kappa shape index (κ3) is 6.34. The van der Waals surface area contributed by atoms with Gasteiger partial charge in [-0.05, 0) is 63.4 Å². The molecule has 0 aliphatic carbocycles. The highest BCUT2D eigenvalue weighted by atomic mass is 19.4.